The van der Waals surface area contributed by atoms with E-state index in [4.69, 9.17) is 9.47 Å². The maximum Gasteiger partial charge on any atom is 0.321 e. The molecule has 106 valence electrons. The fraction of sp³-hybridized carbons (Fsp3) is 0.308. The average Bonchev–Trinajstić information content (AvgIpc) is 2.47. The Morgan fingerprint density at radius 1 is 1.25 bits per heavy atom. The van der Waals surface area contributed by atoms with Crippen LogP contribution >= 0.6 is 0 Å². The van der Waals surface area contributed by atoms with E-state index in [0.29, 0.717) is 23.9 Å². The molecule has 0 aliphatic heterocycles. The third kappa shape index (κ3) is 2.93. The van der Waals surface area contributed by atoms with Crippen molar-refractivity contribution in [2.75, 3.05) is 26.1 Å². The lowest BCUT2D eigenvalue weighted by Crippen LogP contribution is -2.05. The van der Waals surface area contributed by atoms with Gasteiger partial charge in [0, 0.05) is 12.6 Å². The number of ether oxygens (including phenoxy) is 2. The molecule has 0 fully saturated rings. The summed E-state index contributed by atoms with van der Waals surface area (Å²) in [7, 11) is 3.09. The molecule has 0 unspecified atom stereocenters. The maximum absolute atomic E-state index is 13.7. The van der Waals surface area contributed by atoms with Crippen molar-refractivity contribution in [2.45, 2.75) is 6.92 Å². The van der Waals surface area contributed by atoms with Crippen LogP contribution in [0, 0.1) is 5.82 Å². The van der Waals surface area contributed by atoms with E-state index in [0.717, 1.165) is 0 Å². The summed E-state index contributed by atoms with van der Waals surface area (Å²) in [5.41, 5.74) is 0.517. The second-order valence-corrected chi connectivity index (χ2v) is 3.80. The zero-order valence-electron chi connectivity index (χ0n) is 11.5. The number of benzene rings is 1. The fourth-order valence-corrected chi connectivity index (χ4v) is 1.60. The normalized spacial score (nSPS) is 10.2. The van der Waals surface area contributed by atoms with Crippen LogP contribution in [0.1, 0.15) is 6.92 Å². The number of hydrogen-bond acceptors (Lipinski definition) is 6. The van der Waals surface area contributed by atoms with Gasteiger partial charge >= 0.3 is 6.01 Å². The third-order valence-electron chi connectivity index (χ3n) is 2.52. The van der Waals surface area contributed by atoms with Crippen molar-refractivity contribution in [1.82, 2.24) is 15.0 Å². The zero-order chi connectivity index (χ0) is 14.5. The number of methoxy groups -OCH3 is 1. The highest BCUT2D eigenvalue weighted by atomic mass is 19.1. The van der Waals surface area contributed by atoms with Crippen LogP contribution in [-0.2, 0) is 0 Å². The first-order chi connectivity index (χ1) is 9.67. The molecule has 0 amide bonds. The van der Waals surface area contributed by atoms with Crippen LogP contribution in [0.25, 0.3) is 11.4 Å². The first-order valence-corrected chi connectivity index (χ1v) is 6.08. The van der Waals surface area contributed by atoms with Gasteiger partial charge in [-0.05, 0) is 25.1 Å². The molecule has 1 aromatic heterocycles. The molecule has 0 spiro atoms. The van der Waals surface area contributed by atoms with E-state index < -0.39 is 5.82 Å². The number of hydrogen-bond donors (Lipinski definition) is 1. The summed E-state index contributed by atoms with van der Waals surface area (Å²) in [6, 6.07) is 4.70. The standard InChI is InChI=1S/C13H15FN4O2/c1-4-20-13-17-11(16-12(15-2)18-13)8-5-6-10(19-3)9(14)7-8/h5-7H,4H2,1-3H3,(H,15,16,17,18). The van der Waals surface area contributed by atoms with Gasteiger partial charge in [-0.3, -0.25) is 0 Å². The van der Waals surface area contributed by atoms with Crippen molar-refractivity contribution in [1.29, 1.82) is 0 Å². The summed E-state index contributed by atoms with van der Waals surface area (Å²) < 4.78 is 23.9. The largest absolute Gasteiger partial charge is 0.494 e. The van der Waals surface area contributed by atoms with Gasteiger partial charge in [0.15, 0.2) is 17.4 Å². The summed E-state index contributed by atoms with van der Waals surface area (Å²) in [6.07, 6.45) is 0. The molecule has 1 aromatic carbocycles. The molecule has 1 heterocycles. The molecule has 1 N–H and O–H groups in total. The lowest BCUT2D eigenvalue weighted by molar-refractivity contribution is 0.312. The number of nitrogens with one attached hydrogen (secondary N) is 1. The minimum absolute atomic E-state index is 0.168. The number of aromatic nitrogens is 3. The summed E-state index contributed by atoms with van der Waals surface area (Å²) in [4.78, 5) is 12.4. The first-order valence-electron chi connectivity index (χ1n) is 6.08. The molecule has 7 heteroatoms. The van der Waals surface area contributed by atoms with Crippen molar-refractivity contribution in [3.05, 3.63) is 24.0 Å². The molecule has 0 saturated heterocycles. The van der Waals surface area contributed by atoms with Gasteiger partial charge in [-0.25, -0.2) is 4.39 Å². The molecule has 2 aromatic rings. The molecular formula is C13H15FN4O2. The van der Waals surface area contributed by atoms with E-state index in [9.17, 15) is 4.39 Å². The highest BCUT2D eigenvalue weighted by molar-refractivity contribution is 5.58. The average molecular weight is 278 g/mol. The predicted octanol–water partition coefficient (Wildman–Crippen LogP) is 2.13. The van der Waals surface area contributed by atoms with Gasteiger partial charge in [-0.2, -0.15) is 15.0 Å². The second kappa shape index (κ2) is 6.14. The van der Waals surface area contributed by atoms with Gasteiger partial charge in [-0.15, -0.1) is 0 Å². The van der Waals surface area contributed by atoms with Crippen molar-refractivity contribution in [3.8, 4) is 23.1 Å². The maximum atomic E-state index is 13.7. The number of halogens is 1. The predicted molar refractivity (Wildman–Crippen MR) is 72.5 cm³/mol. The Morgan fingerprint density at radius 3 is 2.65 bits per heavy atom. The minimum atomic E-state index is -0.477. The Kier molecular flexibility index (Phi) is 4.29. The summed E-state index contributed by atoms with van der Waals surface area (Å²) in [6.45, 7) is 2.26. The highest BCUT2D eigenvalue weighted by Gasteiger charge is 2.11. The Morgan fingerprint density at radius 2 is 2.05 bits per heavy atom. The lowest BCUT2D eigenvalue weighted by Gasteiger charge is -2.08. The van der Waals surface area contributed by atoms with Crippen molar-refractivity contribution >= 4 is 5.95 Å². The zero-order valence-corrected chi connectivity index (χ0v) is 11.5. The molecule has 0 bridgehead atoms. The molecule has 0 aliphatic carbocycles. The van der Waals surface area contributed by atoms with Crippen molar-refractivity contribution in [2.24, 2.45) is 0 Å². The molecular weight excluding hydrogens is 263 g/mol. The van der Waals surface area contributed by atoms with Crippen molar-refractivity contribution < 1.29 is 13.9 Å². The SMILES string of the molecule is CCOc1nc(NC)nc(-c2ccc(OC)c(F)c2)n1. The van der Waals surface area contributed by atoms with E-state index in [-0.39, 0.29) is 11.8 Å². The van der Waals surface area contributed by atoms with E-state index in [1.165, 1.54) is 19.2 Å². The Hall–Kier alpha value is -2.44. The van der Waals surface area contributed by atoms with Gasteiger partial charge in [0.25, 0.3) is 0 Å². The number of rotatable bonds is 5. The van der Waals surface area contributed by atoms with E-state index in [2.05, 4.69) is 20.3 Å². The second-order valence-electron chi connectivity index (χ2n) is 3.80. The lowest BCUT2D eigenvalue weighted by atomic mass is 10.2. The van der Waals surface area contributed by atoms with Crippen LogP contribution in [0.3, 0.4) is 0 Å². The van der Waals surface area contributed by atoms with Crippen LogP contribution in [0.4, 0.5) is 10.3 Å². The first kappa shape index (κ1) is 14.0. The Bertz CT molecular complexity index is 607. The smallest absolute Gasteiger partial charge is 0.321 e. The Balaban J connectivity index is 2.45. The monoisotopic (exact) mass is 278 g/mol. The van der Waals surface area contributed by atoms with Crippen LogP contribution in [0.2, 0.25) is 0 Å². The molecule has 0 aliphatic rings. The van der Waals surface area contributed by atoms with Gasteiger partial charge in [0.05, 0.1) is 13.7 Å². The molecule has 6 nitrogen and oxygen atoms in total. The van der Waals surface area contributed by atoms with Crippen LogP contribution in [0.5, 0.6) is 11.8 Å². The fourth-order valence-electron chi connectivity index (χ4n) is 1.60. The highest BCUT2D eigenvalue weighted by Crippen LogP contribution is 2.24. The van der Waals surface area contributed by atoms with Gasteiger partial charge in [0.1, 0.15) is 0 Å². The van der Waals surface area contributed by atoms with Crippen LogP contribution < -0.4 is 14.8 Å². The van der Waals surface area contributed by atoms with Gasteiger partial charge in [0.2, 0.25) is 5.95 Å². The van der Waals surface area contributed by atoms with E-state index in [1.807, 2.05) is 6.92 Å². The summed E-state index contributed by atoms with van der Waals surface area (Å²) in [5, 5.41) is 2.81. The Labute approximate surface area is 116 Å². The summed E-state index contributed by atoms with van der Waals surface area (Å²) >= 11 is 0. The molecule has 0 saturated carbocycles. The molecule has 2 rings (SSSR count). The topological polar surface area (TPSA) is 69.2 Å². The molecule has 20 heavy (non-hydrogen) atoms. The van der Waals surface area contributed by atoms with Crippen LogP contribution in [0.15, 0.2) is 18.2 Å². The van der Waals surface area contributed by atoms with Crippen molar-refractivity contribution in [3.63, 3.8) is 0 Å². The van der Waals surface area contributed by atoms with E-state index in [1.54, 1.807) is 13.1 Å². The summed E-state index contributed by atoms with van der Waals surface area (Å²) in [5.74, 6) is 0.375. The molecule has 0 atom stereocenters. The number of nitrogens with zero attached hydrogens (tertiary/aromatic N) is 3. The van der Waals surface area contributed by atoms with Gasteiger partial charge < -0.3 is 14.8 Å². The minimum Gasteiger partial charge on any atom is -0.494 e. The quantitative estimate of drug-likeness (QED) is 0.903. The van der Waals surface area contributed by atoms with Gasteiger partial charge in [-0.1, -0.05) is 0 Å². The number of anilines is 1. The van der Waals surface area contributed by atoms with E-state index >= 15 is 0 Å². The third-order valence-corrected chi connectivity index (χ3v) is 2.52. The molecule has 0 radical (unpaired) electrons. The van der Waals surface area contributed by atoms with Crippen LogP contribution in [-0.4, -0.2) is 35.7 Å².